The van der Waals surface area contributed by atoms with E-state index in [4.69, 9.17) is 0 Å². The minimum absolute atomic E-state index is 0.00207. The largest absolute Gasteiger partial charge is 0.390 e. The maximum Gasteiger partial charge on any atom is 0.390 e. The van der Waals surface area contributed by atoms with Crippen LogP contribution in [0.3, 0.4) is 0 Å². The minimum atomic E-state index is -4.09. The molecule has 0 bridgehead atoms. The van der Waals surface area contributed by atoms with Gasteiger partial charge >= 0.3 is 6.18 Å². The SMILES string of the molecule is Cc1ccc2ncnc(NC3CCC(NCCC(F)(F)F)CC3)c2c1. The van der Waals surface area contributed by atoms with E-state index in [0.29, 0.717) is 6.04 Å². The number of aryl methyl sites for hydroxylation is 1. The third-order valence-electron chi connectivity index (χ3n) is 4.70. The highest BCUT2D eigenvalue weighted by Crippen LogP contribution is 2.26. The second-order valence-corrected chi connectivity index (χ2v) is 6.76. The average Bonchev–Trinajstić information content (AvgIpc) is 2.56. The Kier molecular flexibility index (Phi) is 5.42. The van der Waals surface area contributed by atoms with E-state index in [9.17, 15) is 13.2 Å². The lowest BCUT2D eigenvalue weighted by molar-refractivity contribution is -0.133. The first-order valence-corrected chi connectivity index (χ1v) is 8.69. The summed E-state index contributed by atoms with van der Waals surface area (Å²) in [4.78, 5) is 8.66. The fourth-order valence-electron chi connectivity index (χ4n) is 3.34. The second-order valence-electron chi connectivity index (χ2n) is 6.76. The van der Waals surface area contributed by atoms with E-state index in [1.807, 2.05) is 19.1 Å². The first-order valence-electron chi connectivity index (χ1n) is 8.69. The number of aromatic nitrogens is 2. The van der Waals surface area contributed by atoms with Crippen LogP contribution in [-0.4, -0.2) is 34.8 Å². The van der Waals surface area contributed by atoms with Crippen molar-refractivity contribution in [3.63, 3.8) is 0 Å². The standard InChI is InChI=1S/C18H23F3N4/c1-12-2-7-16-15(10-12)17(24-11-23-16)25-14-5-3-13(4-6-14)22-9-8-18(19,20)21/h2,7,10-11,13-14,22H,3-6,8-9H2,1H3,(H,23,24,25). The molecular formula is C18H23F3N4. The number of hydrogen-bond donors (Lipinski definition) is 2. The van der Waals surface area contributed by atoms with Crippen LogP contribution in [0.4, 0.5) is 19.0 Å². The molecule has 1 heterocycles. The summed E-state index contributed by atoms with van der Waals surface area (Å²) >= 11 is 0. The fourth-order valence-corrected chi connectivity index (χ4v) is 3.34. The normalized spacial score (nSPS) is 21.4. The summed E-state index contributed by atoms with van der Waals surface area (Å²) < 4.78 is 36.6. The van der Waals surface area contributed by atoms with Gasteiger partial charge in [-0.05, 0) is 44.7 Å². The van der Waals surface area contributed by atoms with E-state index in [2.05, 4.69) is 26.7 Å². The van der Waals surface area contributed by atoms with Crippen LogP contribution in [0, 0.1) is 6.92 Å². The van der Waals surface area contributed by atoms with Crippen molar-refractivity contribution in [1.29, 1.82) is 0 Å². The fraction of sp³-hybridized carbons (Fsp3) is 0.556. The molecule has 2 aromatic rings. The van der Waals surface area contributed by atoms with Gasteiger partial charge in [0.25, 0.3) is 0 Å². The summed E-state index contributed by atoms with van der Waals surface area (Å²) in [6.45, 7) is 2.04. The molecule has 136 valence electrons. The van der Waals surface area contributed by atoms with Crippen molar-refractivity contribution in [1.82, 2.24) is 15.3 Å². The van der Waals surface area contributed by atoms with Crippen LogP contribution < -0.4 is 10.6 Å². The van der Waals surface area contributed by atoms with E-state index in [0.717, 1.165) is 48.0 Å². The predicted molar refractivity (Wildman–Crippen MR) is 92.6 cm³/mol. The molecule has 1 aliphatic carbocycles. The van der Waals surface area contributed by atoms with Crippen molar-refractivity contribution < 1.29 is 13.2 Å². The van der Waals surface area contributed by atoms with Gasteiger partial charge in [-0.3, -0.25) is 0 Å². The Balaban J connectivity index is 1.54. The number of anilines is 1. The Morgan fingerprint density at radius 3 is 2.52 bits per heavy atom. The summed E-state index contributed by atoms with van der Waals surface area (Å²) in [6, 6.07) is 6.54. The highest BCUT2D eigenvalue weighted by atomic mass is 19.4. The zero-order valence-electron chi connectivity index (χ0n) is 14.2. The lowest BCUT2D eigenvalue weighted by Crippen LogP contribution is -2.38. The van der Waals surface area contributed by atoms with Gasteiger partial charge in [0.1, 0.15) is 12.1 Å². The summed E-state index contributed by atoms with van der Waals surface area (Å²) in [5.41, 5.74) is 2.06. The summed E-state index contributed by atoms with van der Waals surface area (Å²) in [5, 5.41) is 7.53. The quantitative estimate of drug-likeness (QED) is 0.847. The maximum atomic E-state index is 12.2. The number of nitrogens with zero attached hydrogens (tertiary/aromatic N) is 2. The molecule has 0 radical (unpaired) electrons. The molecule has 1 aromatic carbocycles. The molecule has 0 amide bonds. The first-order chi connectivity index (χ1) is 11.9. The number of benzene rings is 1. The summed E-state index contributed by atoms with van der Waals surface area (Å²) in [7, 11) is 0. The molecule has 2 N–H and O–H groups in total. The van der Waals surface area contributed by atoms with Gasteiger partial charge in [0.05, 0.1) is 11.9 Å². The minimum Gasteiger partial charge on any atom is -0.367 e. The topological polar surface area (TPSA) is 49.8 Å². The number of alkyl halides is 3. The van der Waals surface area contributed by atoms with Crippen LogP contribution in [-0.2, 0) is 0 Å². The zero-order valence-corrected chi connectivity index (χ0v) is 14.2. The van der Waals surface area contributed by atoms with Crippen LogP contribution >= 0.6 is 0 Å². The van der Waals surface area contributed by atoms with Gasteiger partial charge in [-0.15, -0.1) is 0 Å². The molecule has 0 atom stereocenters. The van der Waals surface area contributed by atoms with Crippen LogP contribution in [0.1, 0.15) is 37.7 Å². The number of rotatable bonds is 5. The van der Waals surface area contributed by atoms with Crippen molar-refractivity contribution >= 4 is 16.7 Å². The molecule has 4 nitrogen and oxygen atoms in total. The van der Waals surface area contributed by atoms with Crippen molar-refractivity contribution in [3.8, 4) is 0 Å². The van der Waals surface area contributed by atoms with Crippen LogP contribution in [0.25, 0.3) is 10.9 Å². The van der Waals surface area contributed by atoms with Crippen LogP contribution in [0.15, 0.2) is 24.5 Å². The maximum absolute atomic E-state index is 12.2. The van der Waals surface area contributed by atoms with Crippen LogP contribution in [0.2, 0.25) is 0 Å². The van der Waals surface area contributed by atoms with Gasteiger partial charge in [0, 0.05) is 24.0 Å². The van der Waals surface area contributed by atoms with E-state index in [1.165, 1.54) is 0 Å². The molecule has 3 rings (SSSR count). The molecule has 1 saturated carbocycles. The van der Waals surface area contributed by atoms with E-state index >= 15 is 0 Å². The number of fused-ring (bicyclic) bond motifs is 1. The summed E-state index contributed by atoms with van der Waals surface area (Å²) in [5.74, 6) is 0.835. The number of hydrogen-bond acceptors (Lipinski definition) is 4. The molecule has 0 spiro atoms. The van der Waals surface area contributed by atoms with E-state index < -0.39 is 12.6 Å². The van der Waals surface area contributed by atoms with Crippen molar-refractivity contribution in [2.24, 2.45) is 0 Å². The highest BCUT2D eigenvalue weighted by molar-refractivity contribution is 5.89. The number of halogens is 3. The van der Waals surface area contributed by atoms with Crippen LogP contribution in [0.5, 0.6) is 0 Å². The Morgan fingerprint density at radius 1 is 1.08 bits per heavy atom. The van der Waals surface area contributed by atoms with Crippen molar-refractivity contribution in [2.45, 2.75) is 57.3 Å². The van der Waals surface area contributed by atoms with Gasteiger partial charge in [0.15, 0.2) is 0 Å². The Labute approximate surface area is 145 Å². The smallest absolute Gasteiger partial charge is 0.367 e. The lowest BCUT2D eigenvalue weighted by Gasteiger charge is -2.30. The molecule has 0 saturated heterocycles. The molecule has 1 aromatic heterocycles. The van der Waals surface area contributed by atoms with Crippen molar-refractivity contribution in [3.05, 3.63) is 30.1 Å². The summed E-state index contributed by atoms with van der Waals surface area (Å²) in [6.07, 6.45) is 0.289. The lowest BCUT2D eigenvalue weighted by atomic mass is 9.91. The first kappa shape index (κ1) is 17.9. The van der Waals surface area contributed by atoms with Gasteiger partial charge < -0.3 is 10.6 Å². The van der Waals surface area contributed by atoms with Gasteiger partial charge in [-0.2, -0.15) is 13.2 Å². The number of nitrogens with one attached hydrogen (secondary N) is 2. The molecule has 7 heteroatoms. The zero-order chi connectivity index (χ0) is 17.9. The third kappa shape index (κ3) is 5.04. The average molecular weight is 352 g/mol. The monoisotopic (exact) mass is 352 g/mol. The Morgan fingerprint density at radius 2 is 1.80 bits per heavy atom. The Bertz CT molecular complexity index is 709. The molecule has 1 aliphatic rings. The third-order valence-corrected chi connectivity index (χ3v) is 4.70. The second kappa shape index (κ2) is 7.56. The van der Waals surface area contributed by atoms with Gasteiger partial charge in [0.2, 0.25) is 0 Å². The van der Waals surface area contributed by atoms with Gasteiger partial charge in [-0.1, -0.05) is 11.6 Å². The van der Waals surface area contributed by atoms with E-state index in [1.54, 1.807) is 6.33 Å². The molecule has 0 unspecified atom stereocenters. The Hall–Kier alpha value is -1.89. The molecule has 25 heavy (non-hydrogen) atoms. The predicted octanol–water partition coefficient (Wildman–Crippen LogP) is 4.20. The molecule has 0 aliphatic heterocycles. The van der Waals surface area contributed by atoms with E-state index in [-0.39, 0.29) is 12.6 Å². The molecular weight excluding hydrogens is 329 g/mol. The van der Waals surface area contributed by atoms with Gasteiger partial charge in [-0.25, -0.2) is 9.97 Å². The van der Waals surface area contributed by atoms with Crippen molar-refractivity contribution in [2.75, 3.05) is 11.9 Å². The molecule has 1 fully saturated rings. The highest BCUT2D eigenvalue weighted by Gasteiger charge is 2.27.